The zero-order valence-corrected chi connectivity index (χ0v) is 7.34. The van der Waals surface area contributed by atoms with E-state index in [4.69, 9.17) is 9.47 Å². The van der Waals surface area contributed by atoms with Crippen LogP contribution >= 0.6 is 0 Å². The first kappa shape index (κ1) is 9.01. The fourth-order valence-electron chi connectivity index (χ4n) is 1.20. The molecule has 1 heterocycles. The third-order valence-electron chi connectivity index (χ3n) is 1.94. The Hall–Kier alpha value is -0.0800. The number of hydrogen-bond donors (Lipinski definition) is 0. The van der Waals surface area contributed by atoms with Crippen LogP contribution in [0.3, 0.4) is 0 Å². The maximum absolute atomic E-state index is 5.50. The van der Waals surface area contributed by atoms with Crippen LogP contribution in [0.15, 0.2) is 0 Å². The molecule has 1 aliphatic rings. The Kier molecular flexibility index (Phi) is 4.55. The van der Waals surface area contributed by atoms with Crippen LogP contribution in [0.5, 0.6) is 0 Å². The van der Waals surface area contributed by atoms with Gasteiger partial charge in [0.25, 0.3) is 0 Å². The highest BCUT2D eigenvalue weighted by molar-refractivity contribution is 4.53. The van der Waals surface area contributed by atoms with Crippen molar-refractivity contribution >= 4 is 0 Å². The minimum absolute atomic E-state index is 0.107. The van der Waals surface area contributed by atoms with E-state index in [0.717, 1.165) is 26.1 Å². The normalized spacial score (nSPS) is 25.4. The highest BCUT2D eigenvalue weighted by Gasteiger charge is 2.12. The molecule has 2 heteroatoms. The Morgan fingerprint density at radius 2 is 2.36 bits per heavy atom. The summed E-state index contributed by atoms with van der Waals surface area (Å²) in [5, 5.41) is 0. The molecule has 2 nitrogen and oxygen atoms in total. The lowest BCUT2D eigenvalue weighted by Gasteiger charge is -2.22. The first-order valence-corrected chi connectivity index (χ1v) is 4.66. The Bertz CT molecular complexity index is 87.6. The van der Waals surface area contributed by atoms with E-state index < -0.39 is 0 Å². The van der Waals surface area contributed by atoms with Crippen molar-refractivity contribution in [2.45, 2.75) is 45.3 Å². The molecule has 0 spiro atoms. The Morgan fingerprint density at radius 3 is 3.00 bits per heavy atom. The number of rotatable bonds is 4. The second kappa shape index (κ2) is 5.56. The smallest absolute Gasteiger partial charge is 0.157 e. The largest absolute Gasteiger partial charge is 0.353 e. The summed E-state index contributed by atoms with van der Waals surface area (Å²) < 4.78 is 10.9. The van der Waals surface area contributed by atoms with E-state index in [1.54, 1.807) is 0 Å². The molecule has 0 saturated carbocycles. The SMILES string of the molecule is CCCCO[C@H]1CCCCO1. The molecular formula is C9H18O2. The van der Waals surface area contributed by atoms with Crippen molar-refractivity contribution in [2.24, 2.45) is 0 Å². The number of ether oxygens (including phenoxy) is 2. The summed E-state index contributed by atoms with van der Waals surface area (Å²) in [6, 6.07) is 0. The summed E-state index contributed by atoms with van der Waals surface area (Å²) in [7, 11) is 0. The van der Waals surface area contributed by atoms with Crippen LogP contribution in [0.2, 0.25) is 0 Å². The van der Waals surface area contributed by atoms with Crippen molar-refractivity contribution in [1.82, 2.24) is 0 Å². The van der Waals surface area contributed by atoms with Crippen molar-refractivity contribution in [1.29, 1.82) is 0 Å². The molecule has 66 valence electrons. The lowest BCUT2D eigenvalue weighted by molar-refractivity contribution is -0.162. The Labute approximate surface area is 68.9 Å². The van der Waals surface area contributed by atoms with E-state index in [1.807, 2.05) is 0 Å². The Morgan fingerprint density at radius 1 is 1.45 bits per heavy atom. The molecule has 0 aromatic rings. The fourth-order valence-corrected chi connectivity index (χ4v) is 1.20. The van der Waals surface area contributed by atoms with Gasteiger partial charge in [0.15, 0.2) is 6.29 Å². The number of hydrogen-bond acceptors (Lipinski definition) is 2. The van der Waals surface area contributed by atoms with Gasteiger partial charge >= 0.3 is 0 Å². The topological polar surface area (TPSA) is 18.5 Å². The maximum atomic E-state index is 5.50. The van der Waals surface area contributed by atoms with Crippen LogP contribution in [0.25, 0.3) is 0 Å². The fraction of sp³-hybridized carbons (Fsp3) is 1.00. The van der Waals surface area contributed by atoms with Gasteiger partial charge in [-0.2, -0.15) is 0 Å². The van der Waals surface area contributed by atoms with Gasteiger partial charge in [0.1, 0.15) is 0 Å². The first-order valence-electron chi connectivity index (χ1n) is 4.66. The molecule has 1 fully saturated rings. The molecule has 0 aromatic carbocycles. The van der Waals surface area contributed by atoms with Crippen molar-refractivity contribution < 1.29 is 9.47 Å². The predicted octanol–water partition coefficient (Wildman–Crippen LogP) is 2.33. The van der Waals surface area contributed by atoms with E-state index in [1.165, 1.54) is 19.3 Å². The summed E-state index contributed by atoms with van der Waals surface area (Å²) in [5.74, 6) is 0. The van der Waals surface area contributed by atoms with Crippen LogP contribution in [0, 0.1) is 0 Å². The zero-order chi connectivity index (χ0) is 7.94. The molecule has 0 bridgehead atoms. The molecule has 0 unspecified atom stereocenters. The van der Waals surface area contributed by atoms with Crippen molar-refractivity contribution in [3.8, 4) is 0 Å². The van der Waals surface area contributed by atoms with Crippen LogP contribution in [-0.4, -0.2) is 19.5 Å². The molecule has 0 amide bonds. The summed E-state index contributed by atoms with van der Waals surface area (Å²) >= 11 is 0. The highest BCUT2D eigenvalue weighted by atomic mass is 16.7. The van der Waals surface area contributed by atoms with E-state index in [0.29, 0.717) is 0 Å². The van der Waals surface area contributed by atoms with Gasteiger partial charge < -0.3 is 9.47 Å². The average molecular weight is 158 g/mol. The van der Waals surface area contributed by atoms with Crippen molar-refractivity contribution in [3.63, 3.8) is 0 Å². The van der Waals surface area contributed by atoms with Gasteiger partial charge in [-0.3, -0.25) is 0 Å². The highest BCUT2D eigenvalue weighted by Crippen LogP contribution is 2.13. The molecule has 1 rings (SSSR count). The molecule has 0 aromatic heterocycles. The average Bonchev–Trinajstić information content (AvgIpc) is 2.07. The summed E-state index contributed by atoms with van der Waals surface area (Å²) in [4.78, 5) is 0. The molecule has 1 saturated heterocycles. The summed E-state index contributed by atoms with van der Waals surface area (Å²) in [5.41, 5.74) is 0. The zero-order valence-electron chi connectivity index (χ0n) is 7.34. The first-order chi connectivity index (χ1) is 5.43. The van der Waals surface area contributed by atoms with E-state index in [9.17, 15) is 0 Å². The van der Waals surface area contributed by atoms with Gasteiger partial charge in [-0.05, 0) is 25.7 Å². The number of unbranched alkanes of at least 4 members (excludes halogenated alkanes) is 1. The van der Waals surface area contributed by atoms with E-state index >= 15 is 0 Å². The van der Waals surface area contributed by atoms with Crippen molar-refractivity contribution in [2.75, 3.05) is 13.2 Å². The van der Waals surface area contributed by atoms with Crippen LogP contribution in [0.1, 0.15) is 39.0 Å². The lowest BCUT2D eigenvalue weighted by Crippen LogP contribution is -2.22. The van der Waals surface area contributed by atoms with Gasteiger partial charge in [0.05, 0.1) is 0 Å². The van der Waals surface area contributed by atoms with E-state index in [2.05, 4.69) is 6.92 Å². The Balaban J connectivity index is 1.96. The molecule has 1 atom stereocenters. The summed E-state index contributed by atoms with van der Waals surface area (Å²) in [6.45, 7) is 3.92. The van der Waals surface area contributed by atoms with Crippen molar-refractivity contribution in [3.05, 3.63) is 0 Å². The molecule has 0 N–H and O–H groups in total. The molecule has 0 radical (unpaired) electrons. The lowest BCUT2D eigenvalue weighted by atomic mass is 10.2. The van der Waals surface area contributed by atoms with Gasteiger partial charge in [-0.1, -0.05) is 13.3 Å². The van der Waals surface area contributed by atoms with Crippen LogP contribution in [-0.2, 0) is 9.47 Å². The van der Waals surface area contributed by atoms with Gasteiger partial charge in [0.2, 0.25) is 0 Å². The van der Waals surface area contributed by atoms with Gasteiger partial charge in [0, 0.05) is 13.2 Å². The van der Waals surface area contributed by atoms with Gasteiger partial charge in [-0.25, -0.2) is 0 Å². The molecule has 0 aliphatic carbocycles. The minimum atomic E-state index is 0.107. The maximum Gasteiger partial charge on any atom is 0.157 e. The van der Waals surface area contributed by atoms with Crippen LogP contribution in [0.4, 0.5) is 0 Å². The van der Waals surface area contributed by atoms with Gasteiger partial charge in [-0.15, -0.1) is 0 Å². The quantitative estimate of drug-likeness (QED) is 0.585. The third-order valence-corrected chi connectivity index (χ3v) is 1.94. The van der Waals surface area contributed by atoms with E-state index in [-0.39, 0.29) is 6.29 Å². The third kappa shape index (κ3) is 3.73. The molecule has 1 aliphatic heterocycles. The monoisotopic (exact) mass is 158 g/mol. The minimum Gasteiger partial charge on any atom is -0.353 e. The standard InChI is InChI=1S/C9H18O2/c1-2-3-7-10-9-6-4-5-8-11-9/h9H,2-8H2,1H3/t9-/m1/s1. The summed E-state index contributed by atoms with van der Waals surface area (Å²) in [6.07, 6.45) is 6.01. The predicted molar refractivity (Wildman–Crippen MR) is 44.5 cm³/mol. The van der Waals surface area contributed by atoms with Crippen LogP contribution < -0.4 is 0 Å². The second-order valence-corrected chi connectivity index (χ2v) is 3.02. The molecular weight excluding hydrogens is 140 g/mol. The second-order valence-electron chi connectivity index (χ2n) is 3.02. The molecule has 11 heavy (non-hydrogen) atoms.